The predicted octanol–water partition coefficient (Wildman–Crippen LogP) is 2.13. The maximum Gasteiger partial charge on any atom is 0.287 e. The van der Waals surface area contributed by atoms with Crippen LogP contribution in [0.1, 0.15) is 33.1 Å². The lowest BCUT2D eigenvalue weighted by Gasteiger charge is -2.16. The monoisotopic (exact) mass is 287 g/mol. The number of hydrogen-bond acceptors (Lipinski definition) is 4. The number of rotatable bonds is 8. The highest BCUT2D eigenvalue weighted by Crippen LogP contribution is 2.17. The number of hydrogen-bond donors (Lipinski definition) is 2. The zero-order valence-electron chi connectivity index (χ0n) is 11.5. The van der Waals surface area contributed by atoms with Crippen molar-refractivity contribution in [3.63, 3.8) is 0 Å². The van der Waals surface area contributed by atoms with E-state index in [4.69, 9.17) is 16.7 Å². The molecule has 1 aromatic rings. The lowest BCUT2D eigenvalue weighted by atomic mass is 10.0. The summed E-state index contributed by atoms with van der Waals surface area (Å²) in [6, 6.07) is 0. The Balaban J connectivity index is 2.74. The SMILES string of the molecule is CCCn1ncc(NCC(CC)CCO)c(Cl)c1=O. The minimum Gasteiger partial charge on any atom is -0.396 e. The van der Waals surface area contributed by atoms with Gasteiger partial charge in [-0.05, 0) is 18.8 Å². The topological polar surface area (TPSA) is 67.2 Å². The standard InChI is InChI=1S/C13H22ClN3O2/c1-3-6-17-13(19)12(14)11(9-16-17)15-8-10(4-2)5-7-18/h9-10,15,18H,3-8H2,1-2H3. The summed E-state index contributed by atoms with van der Waals surface area (Å²) in [4.78, 5) is 11.9. The fraction of sp³-hybridized carbons (Fsp3) is 0.692. The fourth-order valence-corrected chi connectivity index (χ4v) is 2.06. The molecule has 1 rings (SSSR count). The van der Waals surface area contributed by atoms with E-state index in [0.29, 0.717) is 24.7 Å². The third-order valence-corrected chi connectivity index (χ3v) is 3.48. The molecular formula is C13H22ClN3O2. The zero-order valence-corrected chi connectivity index (χ0v) is 12.3. The Morgan fingerprint density at radius 1 is 1.53 bits per heavy atom. The molecule has 6 heteroatoms. The van der Waals surface area contributed by atoms with Crippen LogP contribution in [0.2, 0.25) is 5.02 Å². The summed E-state index contributed by atoms with van der Waals surface area (Å²) in [5.41, 5.74) is 0.305. The molecule has 0 spiro atoms. The van der Waals surface area contributed by atoms with Gasteiger partial charge in [0.05, 0.1) is 11.9 Å². The van der Waals surface area contributed by atoms with E-state index in [0.717, 1.165) is 19.3 Å². The van der Waals surface area contributed by atoms with Gasteiger partial charge in [-0.25, -0.2) is 4.68 Å². The van der Waals surface area contributed by atoms with Gasteiger partial charge in [0, 0.05) is 19.7 Å². The van der Waals surface area contributed by atoms with Crippen LogP contribution in [0.5, 0.6) is 0 Å². The summed E-state index contributed by atoms with van der Waals surface area (Å²) in [6.45, 7) is 5.47. The summed E-state index contributed by atoms with van der Waals surface area (Å²) in [5.74, 6) is 0.360. The van der Waals surface area contributed by atoms with Gasteiger partial charge in [0.2, 0.25) is 0 Å². The van der Waals surface area contributed by atoms with E-state index < -0.39 is 0 Å². The van der Waals surface area contributed by atoms with Crippen molar-refractivity contribution < 1.29 is 5.11 Å². The molecule has 0 aliphatic heterocycles. The maximum absolute atomic E-state index is 11.9. The first-order valence-corrected chi connectivity index (χ1v) is 7.12. The molecule has 0 aliphatic carbocycles. The van der Waals surface area contributed by atoms with Crippen molar-refractivity contribution in [3.05, 3.63) is 21.6 Å². The van der Waals surface area contributed by atoms with Crippen LogP contribution in [0.25, 0.3) is 0 Å². The molecule has 1 aromatic heterocycles. The Kier molecular flexibility index (Phi) is 6.87. The van der Waals surface area contributed by atoms with Gasteiger partial charge in [0.25, 0.3) is 5.56 Å². The lowest BCUT2D eigenvalue weighted by molar-refractivity contribution is 0.258. The Morgan fingerprint density at radius 3 is 2.84 bits per heavy atom. The largest absolute Gasteiger partial charge is 0.396 e. The van der Waals surface area contributed by atoms with Gasteiger partial charge < -0.3 is 10.4 Å². The van der Waals surface area contributed by atoms with Gasteiger partial charge in [0.1, 0.15) is 5.02 Å². The molecule has 108 valence electrons. The highest BCUT2D eigenvalue weighted by molar-refractivity contribution is 6.32. The van der Waals surface area contributed by atoms with Gasteiger partial charge in [0.15, 0.2) is 0 Å². The quantitative estimate of drug-likeness (QED) is 0.769. The van der Waals surface area contributed by atoms with Crippen molar-refractivity contribution in [3.8, 4) is 0 Å². The van der Waals surface area contributed by atoms with E-state index >= 15 is 0 Å². The summed E-state index contributed by atoms with van der Waals surface area (Å²) < 4.78 is 1.37. The Hall–Kier alpha value is -1.07. The first-order valence-electron chi connectivity index (χ1n) is 6.74. The Bertz CT molecular complexity index is 448. The number of aryl methyl sites for hydroxylation is 1. The average Bonchev–Trinajstić information content (AvgIpc) is 2.42. The van der Waals surface area contributed by atoms with Crippen molar-refractivity contribution in [2.75, 3.05) is 18.5 Å². The molecule has 5 nitrogen and oxygen atoms in total. The molecule has 0 aliphatic rings. The van der Waals surface area contributed by atoms with Crippen molar-refractivity contribution in [1.82, 2.24) is 9.78 Å². The Labute approximate surface area is 118 Å². The number of anilines is 1. The highest BCUT2D eigenvalue weighted by Gasteiger charge is 2.11. The molecule has 0 amide bonds. The van der Waals surface area contributed by atoms with E-state index in [1.807, 2.05) is 6.92 Å². The third kappa shape index (κ3) is 4.51. The molecule has 0 aromatic carbocycles. The van der Waals surface area contributed by atoms with Crippen LogP contribution < -0.4 is 10.9 Å². The second-order valence-electron chi connectivity index (χ2n) is 4.57. The van der Waals surface area contributed by atoms with E-state index in [1.165, 1.54) is 4.68 Å². The van der Waals surface area contributed by atoms with Crippen LogP contribution >= 0.6 is 11.6 Å². The van der Waals surface area contributed by atoms with Crippen LogP contribution in [-0.2, 0) is 6.54 Å². The molecule has 1 atom stereocenters. The first kappa shape index (κ1) is 16.0. The summed E-state index contributed by atoms with van der Waals surface area (Å²) >= 11 is 6.05. The molecule has 1 heterocycles. The maximum atomic E-state index is 11.9. The van der Waals surface area contributed by atoms with E-state index in [2.05, 4.69) is 17.3 Å². The molecule has 2 N–H and O–H groups in total. The van der Waals surface area contributed by atoms with Gasteiger partial charge in [-0.2, -0.15) is 5.10 Å². The molecule has 19 heavy (non-hydrogen) atoms. The van der Waals surface area contributed by atoms with Gasteiger partial charge in [-0.1, -0.05) is 31.9 Å². The molecule has 0 saturated heterocycles. The average molecular weight is 288 g/mol. The summed E-state index contributed by atoms with van der Waals surface area (Å²) in [6.07, 6.45) is 4.13. The molecular weight excluding hydrogens is 266 g/mol. The van der Waals surface area contributed by atoms with Crippen molar-refractivity contribution >= 4 is 17.3 Å². The Morgan fingerprint density at radius 2 is 2.26 bits per heavy atom. The number of aliphatic hydroxyl groups excluding tert-OH is 1. The summed E-state index contributed by atoms with van der Waals surface area (Å²) in [5, 5.41) is 16.3. The van der Waals surface area contributed by atoms with E-state index in [9.17, 15) is 4.79 Å². The van der Waals surface area contributed by atoms with Crippen molar-refractivity contribution in [2.24, 2.45) is 5.92 Å². The van der Waals surface area contributed by atoms with Gasteiger partial charge >= 0.3 is 0 Å². The van der Waals surface area contributed by atoms with E-state index in [-0.39, 0.29) is 17.2 Å². The minimum atomic E-state index is -0.260. The van der Waals surface area contributed by atoms with Crippen LogP contribution in [0.4, 0.5) is 5.69 Å². The lowest BCUT2D eigenvalue weighted by Crippen LogP contribution is -2.25. The fourth-order valence-electron chi connectivity index (χ4n) is 1.85. The van der Waals surface area contributed by atoms with Crippen LogP contribution in [0.3, 0.4) is 0 Å². The van der Waals surface area contributed by atoms with Crippen molar-refractivity contribution in [1.29, 1.82) is 0 Å². The number of aromatic nitrogens is 2. The van der Waals surface area contributed by atoms with Crippen LogP contribution in [0.15, 0.2) is 11.0 Å². The smallest absolute Gasteiger partial charge is 0.287 e. The summed E-state index contributed by atoms with van der Waals surface area (Å²) in [7, 11) is 0. The molecule has 0 radical (unpaired) electrons. The first-order chi connectivity index (χ1) is 9.13. The normalized spacial score (nSPS) is 12.4. The second-order valence-corrected chi connectivity index (χ2v) is 4.95. The predicted molar refractivity (Wildman–Crippen MR) is 77.8 cm³/mol. The van der Waals surface area contributed by atoms with Gasteiger partial charge in [-0.15, -0.1) is 0 Å². The van der Waals surface area contributed by atoms with Crippen LogP contribution in [0, 0.1) is 5.92 Å². The van der Waals surface area contributed by atoms with Gasteiger partial charge in [-0.3, -0.25) is 4.79 Å². The van der Waals surface area contributed by atoms with Crippen molar-refractivity contribution in [2.45, 2.75) is 39.7 Å². The number of nitrogens with zero attached hydrogens (tertiary/aromatic N) is 2. The van der Waals surface area contributed by atoms with E-state index in [1.54, 1.807) is 6.20 Å². The zero-order chi connectivity index (χ0) is 14.3. The number of nitrogens with one attached hydrogen (secondary N) is 1. The minimum absolute atomic E-state index is 0.171. The number of halogens is 1. The molecule has 0 saturated carbocycles. The third-order valence-electron chi connectivity index (χ3n) is 3.12. The van der Waals surface area contributed by atoms with Crippen LogP contribution in [-0.4, -0.2) is 28.0 Å². The molecule has 0 bridgehead atoms. The molecule has 1 unspecified atom stereocenters. The molecule has 0 fully saturated rings. The highest BCUT2D eigenvalue weighted by atomic mass is 35.5. The second kappa shape index (κ2) is 8.17. The number of aliphatic hydroxyl groups is 1.